The van der Waals surface area contributed by atoms with Gasteiger partial charge in [0, 0.05) is 12.7 Å². The second-order valence-electron chi connectivity index (χ2n) is 3.93. The highest BCUT2D eigenvalue weighted by molar-refractivity contribution is 7.99. The summed E-state index contributed by atoms with van der Waals surface area (Å²) in [5.74, 6) is -0.836. The molecule has 2 aromatic heterocycles. The number of aryl methyl sites for hydroxylation is 1. The molecular formula is C13H15N3O2S. The zero-order valence-electron chi connectivity index (χ0n) is 10.6. The van der Waals surface area contributed by atoms with Gasteiger partial charge in [0.2, 0.25) is 0 Å². The molecule has 0 aliphatic carbocycles. The summed E-state index contributed by atoms with van der Waals surface area (Å²) in [5, 5.41) is 9.48. The molecule has 1 N–H and O–H groups in total. The average molecular weight is 277 g/mol. The number of carboxylic acid groups (broad SMARTS) is 1. The molecule has 0 aliphatic heterocycles. The second-order valence-corrected chi connectivity index (χ2v) is 4.87. The topological polar surface area (TPSA) is 68.0 Å². The summed E-state index contributed by atoms with van der Waals surface area (Å²) in [6, 6.07) is 3.72. The molecule has 0 unspecified atom stereocenters. The van der Waals surface area contributed by atoms with Crippen molar-refractivity contribution in [3.05, 3.63) is 30.5 Å². The Labute approximate surface area is 115 Å². The minimum Gasteiger partial charge on any atom is -0.481 e. The number of carboxylic acids is 1. The SMILES string of the molecule is C/C=C/CCn1c(SCC(=O)O)nc2cccnc21. The van der Waals surface area contributed by atoms with Crippen LogP contribution < -0.4 is 0 Å². The van der Waals surface area contributed by atoms with Gasteiger partial charge in [0.05, 0.1) is 5.75 Å². The second kappa shape index (κ2) is 6.38. The van der Waals surface area contributed by atoms with E-state index < -0.39 is 5.97 Å². The first kappa shape index (κ1) is 13.6. The van der Waals surface area contributed by atoms with Crippen LogP contribution in [0.1, 0.15) is 13.3 Å². The number of hydrogen-bond acceptors (Lipinski definition) is 4. The van der Waals surface area contributed by atoms with E-state index in [9.17, 15) is 4.79 Å². The first-order valence-electron chi connectivity index (χ1n) is 5.99. The van der Waals surface area contributed by atoms with Gasteiger partial charge in [0.1, 0.15) is 5.52 Å². The van der Waals surface area contributed by atoms with Gasteiger partial charge < -0.3 is 9.67 Å². The van der Waals surface area contributed by atoms with E-state index in [1.165, 1.54) is 11.8 Å². The van der Waals surface area contributed by atoms with Crippen LogP contribution in [-0.2, 0) is 11.3 Å². The predicted octanol–water partition coefficient (Wildman–Crippen LogP) is 2.57. The van der Waals surface area contributed by atoms with Crippen molar-refractivity contribution < 1.29 is 9.90 Å². The highest BCUT2D eigenvalue weighted by atomic mass is 32.2. The molecule has 0 atom stereocenters. The first-order chi connectivity index (χ1) is 9.22. The van der Waals surface area contributed by atoms with Gasteiger partial charge in [-0.2, -0.15) is 0 Å². The Balaban J connectivity index is 2.31. The van der Waals surface area contributed by atoms with Crippen molar-refractivity contribution in [2.24, 2.45) is 0 Å². The maximum absolute atomic E-state index is 10.7. The number of allylic oxidation sites excluding steroid dienone is 2. The van der Waals surface area contributed by atoms with Gasteiger partial charge in [-0.05, 0) is 25.5 Å². The summed E-state index contributed by atoms with van der Waals surface area (Å²) < 4.78 is 1.98. The lowest BCUT2D eigenvalue weighted by Crippen LogP contribution is -2.03. The van der Waals surface area contributed by atoms with E-state index in [1.54, 1.807) is 6.20 Å². The zero-order chi connectivity index (χ0) is 13.7. The molecule has 0 spiro atoms. The summed E-state index contributed by atoms with van der Waals surface area (Å²) >= 11 is 1.23. The van der Waals surface area contributed by atoms with Gasteiger partial charge >= 0.3 is 5.97 Å². The maximum atomic E-state index is 10.7. The summed E-state index contributed by atoms with van der Waals surface area (Å²) in [6.45, 7) is 2.73. The Morgan fingerprint density at radius 3 is 3.16 bits per heavy atom. The zero-order valence-corrected chi connectivity index (χ0v) is 11.4. The third-order valence-corrected chi connectivity index (χ3v) is 3.51. The van der Waals surface area contributed by atoms with Crippen molar-refractivity contribution in [2.75, 3.05) is 5.75 Å². The highest BCUT2D eigenvalue weighted by Gasteiger charge is 2.12. The fourth-order valence-corrected chi connectivity index (χ4v) is 2.50. The molecule has 0 saturated carbocycles. The van der Waals surface area contributed by atoms with Crippen molar-refractivity contribution in [3.8, 4) is 0 Å². The van der Waals surface area contributed by atoms with Crippen molar-refractivity contribution in [1.29, 1.82) is 0 Å². The molecule has 19 heavy (non-hydrogen) atoms. The third kappa shape index (κ3) is 3.35. The number of fused-ring (bicyclic) bond motifs is 1. The van der Waals surface area contributed by atoms with Gasteiger partial charge in [-0.3, -0.25) is 4.79 Å². The van der Waals surface area contributed by atoms with Gasteiger partial charge in [0.15, 0.2) is 10.8 Å². The van der Waals surface area contributed by atoms with Gasteiger partial charge in [-0.25, -0.2) is 9.97 Å². The van der Waals surface area contributed by atoms with E-state index >= 15 is 0 Å². The van der Waals surface area contributed by atoms with Gasteiger partial charge in [-0.15, -0.1) is 0 Å². The quantitative estimate of drug-likeness (QED) is 0.649. The number of rotatable bonds is 6. The first-order valence-corrected chi connectivity index (χ1v) is 6.98. The maximum Gasteiger partial charge on any atom is 0.313 e. The Morgan fingerprint density at radius 1 is 1.58 bits per heavy atom. The number of pyridine rings is 1. The molecule has 0 aliphatic rings. The van der Waals surface area contributed by atoms with Crippen LogP contribution in [0.4, 0.5) is 0 Å². The highest BCUT2D eigenvalue weighted by Crippen LogP contribution is 2.23. The van der Waals surface area contributed by atoms with Crippen LogP contribution in [0.3, 0.4) is 0 Å². The molecule has 5 nitrogen and oxygen atoms in total. The molecule has 100 valence electrons. The van der Waals surface area contributed by atoms with Crippen LogP contribution in [0.15, 0.2) is 35.6 Å². The van der Waals surface area contributed by atoms with Crippen molar-refractivity contribution >= 4 is 28.9 Å². The number of nitrogens with zero attached hydrogens (tertiary/aromatic N) is 3. The summed E-state index contributed by atoms with van der Waals surface area (Å²) in [4.78, 5) is 19.4. The third-order valence-electron chi connectivity index (χ3n) is 2.55. The lowest BCUT2D eigenvalue weighted by Gasteiger charge is -2.05. The fraction of sp³-hybridized carbons (Fsp3) is 0.308. The monoisotopic (exact) mass is 277 g/mol. The van der Waals surface area contributed by atoms with Crippen molar-refractivity contribution in [1.82, 2.24) is 14.5 Å². The number of imidazole rings is 1. The molecule has 2 aromatic rings. The summed E-state index contributed by atoms with van der Waals surface area (Å²) in [6.07, 6.45) is 6.66. The van der Waals surface area contributed by atoms with E-state index in [1.807, 2.05) is 29.7 Å². The minimum atomic E-state index is -0.843. The smallest absolute Gasteiger partial charge is 0.313 e. The summed E-state index contributed by atoms with van der Waals surface area (Å²) in [5.41, 5.74) is 1.61. The largest absolute Gasteiger partial charge is 0.481 e. The average Bonchev–Trinajstić information content (AvgIpc) is 2.75. The lowest BCUT2D eigenvalue weighted by atomic mass is 10.4. The lowest BCUT2D eigenvalue weighted by molar-refractivity contribution is -0.133. The minimum absolute atomic E-state index is 0.00688. The molecule has 0 aromatic carbocycles. The van der Waals surface area contributed by atoms with Crippen LogP contribution in [0.5, 0.6) is 0 Å². The van der Waals surface area contributed by atoms with Crippen LogP contribution in [0.25, 0.3) is 11.2 Å². The van der Waals surface area contributed by atoms with Crippen LogP contribution in [-0.4, -0.2) is 31.4 Å². The Kier molecular flexibility index (Phi) is 4.57. The number of aromatic nitrogens is 3. The standard InChI is InChI=1S/C13H15N3O2S/c1-2-3-4-8-16-12-10(6-5-7-14-12)15-13(16)19-9-11(17)18/h2-3,5-7H,4,8-9H2,1H3,(H,17,18)/b3-2+. The molecule has 0 saturated heterocycles. The fourth-order valence-electron chi connectivity index (χ4n) is 1.75. The van der Waals surface area contributed by atoms with E-state index in [2.05, 4.69) is 16.0 Å². The Bertz CT molecular complexity index is 607. The van der Waals surface area contributed by atoms with E-state index in [-0.39, 0.29) is 5.75 Å². The summed E-state index contributed by atoms with van der Waals surface area (Å²) in [7, 11) is 0. The number of carbonyl (C=O) groups is 1. The molecule has 6 heteroatoms. The van der Waals surface area contributed by atoms with Crippen LogP contribution in [0, 0.1) is 0 Å². The Morgan fingerprint density at radius 2 is 2.42 bits per heavy atom. The van der Waals surface area contributed by atoms with Crippen molar-refractivity contribution in [3.63, 3.8) is 0 Å². The van der Waals surface area contributed by atoms with E-state index in [4.69, 9.17) is 5.11 Å². The van der Waals surface area contributed by atoms with E-state index in [0.29, 0.717) is 5.16 Å². The number of aliphatic carboxylic acids is 1. The molecule has 0 fully saturated rings. The molecule has 0 amide bonds. The number of hydrogen-bond donors (Lipinski definition) is 1. The molecule has 0 bridgehead atoms. The van der Waals surface area contributed by atoms with Gasteiger partial charge in [-0.1, -0.05) is 23.9 Å². The molecule has 2 heterocycles. The number of thioether (sulfide) groups is 1. The normalized spacial score (nSPS) is 11.4. The Hall–Kier alpha value is -1.82. The predicted molar refractivity (Wildman–Crippen MR) is 75.3 cm³/mol. The van der Waals surface area contributed by atoms with Gasteiger partial charge in [0.25, 0.3) is 0 Å². The molecule has 0 radical (unpaired) electrons. The molecule has 2 rings (SSSR count). The van der Waals surface area contributed by atoms with Crippen LogP contribution >= 0.6 is 11.8 Å². The van der Waals surface area contributed by atoms with Crippen molar-refractivity contribution in [2.45, 2.75) is 25.0 Å². The van der Waals surface area contributed by atoms with E-state index in [0.717, 1.165) is 24.1 Å². The van der Waals surface area contributed by atoms with Crippen LogP contribution in [0.2, 0.25) is 0 Å². The molecular weight excluding hydrogens is 262 g/mol.